The molecule has 8 heteroatoms. The Hall–Kier alpha value is -2.21. The SMILES string of the molecule is CC(NS(=O)(=O)c1cccc(C#N)c1)c1ccc(S(C)(=O)=O)cc1. The van der Waals surface area contributed by atoms with Gasteiger partial charge in [0.2, 0.25) is 10.0 Å². The van der Waals surface area contributed by atoms with Crippen molar-refractivity contribution in [1.29, 1.82) is 5.26 Å². The Morgan fingerprint density at radius 2 is 1.62 bits per heavy atom. The predicted molar refractivity (Wildman–Crippen MR) is 89.4 cm³/mol. The minimum Gasteiger partial charge on any atom is -0.224 e. The largest absolute Gasteiger partial charge is 0.241 e. The van der Waals surface area contributed by atoms with Gasteiger partial charge in [-0.15, -0.1) is 0 Å². The number of benzene rings is 2. The molecule has 0 amide bonds. The fourth-order valence-corrected chi connectivity index (χ4v) is 4.01. The van der Waals surface area contributed by atoms with Gasteiger partial charge in [-0.3, -0.25) is 0 Å². The van der Waals surface area contributed by atoms with E-state index in [1.54, 1.807) is 19.1 Å². The van der Waals surface area contributed by atoms with Crippen LogP contribution in [0.2, 0.25) is 0 Å². The molecule has 0 aliphatic carbocycles. The maximum atomic E-state index is 12.4. The lowest BCUT2D eigenvalue weighted by molar-refractivity contribution is 0.566. The van der Waals surface area contributed by atoms with Gasteiger partial charge in [0, 0.05) is 12.3 Å². The quantitative estimate of drug-likeness (QED) is 0.874. The Kier molecular flexibility index (Phi) is 5.08. The van der Waals surface area contributed by atoms with Crippen molar-refractivity contribution in [2.75, 3.05) is 6.26 Å². The van der Waals surface area contributed by atoms with Gasteiger partial charge in [-0.1, -0.05) is 18.2 Å². The van der Waals surface area contributed by atoms with Crippen molar-refractivity contribution in [1.82, 2.24) is 4.72 Å². The van der Waals surface area contributed by atoms with E-state index < -0.39 is 25.9 Å². The van der Waals surface area contributed by atoms with Gasteiger partial charge in [0.05, 0.1) is 21.4 Å². The second kappa shape index (κ2) is 6.73. The van der Waals surface area contributed by atoms with Crippen molar-refractivity contribution in [3.8, 4) is 6.07 Å². The van der Waals surface area contributed by atoms with Crippen molar-refractivity contribution in [2.45, 2.75) is 22.8 Å². The van der Waals surface area contributed by atoms with E-state index in [0.717, 1.165) is 6.26 Å². The molecule has 0 radical (unpaired) electrons. The predicted octanol–water partition coefficient (Wildman–Crippen LogP) is 2.00. The number of hydrogen-bond donors (Lipinski definition) is 1. The van der Waals surface area contributed by atoms with Gasteiger partial charge in [-0.25, -0.2) is 21.6 Å². The molecule has 0 saturated heterocycles. The highest BCUT2D eigenvalue weighted by molar-refractivity contribution is 7.90. The molecule has 0 heterocycles. The highest BCUT2D eigenvalue weighted by atomic mass is 32.2. The summed E-state index contributed by atoms with van der Waals surface area (Å²) >= 11 is 0. The standard InChI is InChI=1S/C16H16N2O4S2/c1-12(14-6-8-15(9-7-14)23(2,19)20)18-24(21,22)16-5-3-4-13(10-16)11-17/h3-10,12,18H,1-2H3. The lowest BCUT2D eigenvalue weighted by Gasteiger charge is -2.15. The van der Waals surface area contributed by atoms with E-state index in [9.17, 15) is 16.8 Å². The highest BCUT2D eigenvalue weighted by Gasteiger charge is 2.19. The zero-order valence-electron chi connectivity index (χ0n) is 13.1. The van der Waals surface area contributed by atoms with Crippen molar-refractivity contribution >= 4 is 19.9 Å². The molecule has 0 aliphatic heterocycles. The summed E-state index contributed by atoms with van der Waals surface area (Å²) in [6.45, 7) is 1.65. The molecule has 2 rings (SSSR count). The second-order valence-electron chi connectivity index (χ2n) is 5.32. The minimum atomic E-state index is -3.80. The first-order valence-corrected chi connectivity index (χ1v) is 10.3. The molecule has 0 spiro atoms. The summed E-state index contributed by atoms with van der Waals surface area (Å²) in [5.41, 5.74) is 0.880. The van der Waals surface area contributed by atoms with E-state index >= 15 is 0 Å². The molecule has 126 valence electrons. The van der Waals surface area contributed by atoms with Crippen LogP contribution in [0.4, 0.5) is 0 Å². The van der Waals surface area contributed by atoms with Crippen LogP contribution in [0.15, 0.2) is 58.3 Å². The average molecular weight is 364 g/mol. The third-order valence-electron chi connectivity index (χ3n) is 3.41. The molecule has 0 bridgehead atoms. The van der Waals surface area contributed by atoms with Crippen LogP contribution in [-0.2, 0) is 19.9 Å². The molecule has 2 aromatic rings. The lowest BCUT2D eigenvalue weighted by Crippen LogP contribution is -2.27. The molecule has 2 aromatic carbocycles. The Balaban J connectivity index is 2.25. The number of sulfone groups is 1. The highest BCUT2D eigenvalue weighted by Crippen LogP contribution is 2.19. The molecule has 1 atom stereocenters. The van der Waals surface area contributed by atoms with Gasteiger partial charge >= 0.3 is 0 Å². The van der Waals surface area contributed by atoms with Gasteiger partial charge in [0.15, 0.2) is 9.84 Å². The van der Waals surface area contributed by atoms with Crippen LogP contribution < -0.4 is 4.72 Å². The molecule has 6 nitrogen and oxygen atoms in total. The third-order valence-corrected chi connectivity index (χ3v) is 6.08. The first-order valence-electron chi connectivity index (χ1n) is 6.96. The van der Waals surface area contributed by atoms with Crippen molar-refractivity contribution in [2.24, 2.45) is 0 Å². The normalized spacial score (nSPS) is 13.2. The Morgan fingerprint density at radius 1 is 1.00 bits per heavy atom. The van der Waals surface area contributed by atoms with E-state index in [4.69, 9.17) is 5.26 Å². The summed E-state index contributed by atoms with van der Waals surface area (Å²) in [5.74, 6) is 0. The van der Waals surface area contributed by atoms with Gasteiger partial charge in [0.25, 0.3) is 0 Å². The van der Waals surface area contributed by atoms with E-state index in [-0.39, 0.29) is 15.4 Å². The fraction of sp³-hybridized carbons (Fsp3) is 0.188. The molecule has 0 saturated carbocycles. The summed E-state index contributed by atoms with van der Waals surface area (Å²) in [7, 11) is -7.10. The molecule has 24 heavy (non-hydrogen) atoms. The molecule has 1 unspecified atom stereocenters. The van der Waals surface area contributed by atoms with Gasteiger partial charge in [-0.05, 0) is 42.8 Å². The second-order valence-corrected chi connectivity index (χ2v) is 9.05. The number of nitrogens with one attached hydrogen (secondary N) is 1. The van der Waals surface area contributed by atoms with Crippen LogP contribution in [0.25, 0.3) is 0 Å². The van der Waals surface area contributed by atoms with Crippen LogP contribution in [0.1, 0.15) is 24.1 Å². The average Bonchev–Trinajstić information content (AvgIpc) is 2.54. The van der Waals surface area contributed by atoms with Crippen molar-refractivity contribution in [3.63, 3.8) is 0 Å². The smallest absolute Gasteiger partial charge is 0.224 e. The van der Waals surface area contributed by atoms with Gasteiger partial charge in [0.1, 0.15) is 0 Å². The maximum Gasteiger partial charge on any atom is 0.241 e. The van der Waals surface area contributed by atoms with Crippen LogP contribution in [0.5, 0.6) is 0 Å². The number of nitriles is 1. The number of hydrogen-bond acceptors (Lipinski definition) is 5. The first-order chi connectivity index (χ1) is 11.1. The maximum absolute atomic E-state index is 12.4. The third kappa shape index (κ3) is 4.20. The van der Waals surface area contributed by atoms with Crippen molar-refractivity contribution < 1.29 is 16.8 Å². The molecule has 0 aromatic heterocycles. The Labute approximate surface area is 141 Å². The summed E-state index contributed by atoms with van der Waals surface area (Å²) in [6, 6.07) is 13.1. The monoisotopic (exact) mass is 364 g/mol. The zero-order valence-corrected chi connectivity index (χ0v) is 14.7. The molecule has 0 fully saturated rings. The molecule has 1 N–H and O–H groups in total. The van der Waals surface area contributed by atoms with Crippen LogP contribution in [-0.4, -0.2) is 23.1 Å². The number of rotatable bonds is 5. The Morgan fingerprint density at radius 3 is 2.17 bits per heavy atom. The van der Waals surface area contributed by atoms with Crippen molar-refractivity contribution in [3.05, 3.63) is 59.7 Å². The molecular weight excluding hydrogens is 348 g/mol. The zero-order chi connectivity index (χ0) is 18.0. The van der Waals surface area contributed by atoms with Crippen LogP contribution >= 0.6 is 0 Å². The first kappa shape index (κ1) is 18.1. The van der Waals surface area contributed by atoms with E-state index in [0.29, 0.717) is 5.56 Å². The number of nitrogens with zero attached hydrogens (tertiary/aromatic N) is 1. The Bertz CT molecular complexity index is 989. The topological polar surface area (TPSA) is 104 Å². The van der Waals surface area contributed by atoms with E-state index in [1.807, 2.05) is 6.07 Å². The minimum absolute atomic E-state index is 0.00107. The van der Waals surface area contributed by atoms with Gasteiger partial charge in [-0.2, -0.15) is 5.26 Å². The fourth-order valence-electron chi connectivity index (χ4n) is 2.11. The van der Waals surface area contributed by atoms with Gasteiger partial charge < -0.3 is 0 Å². The van der Waals surface area contributed by atoms with Crippen LogP contribution in [0, 0.1) is 11.3 Å². The molecular formula is C16H16N2O4S2. The molecule has 0 aliphatic rings. The number of sulfonamides is 1. The van der Waals surface area contributed by atoms with Crippen LogP contribution in [0.3, 0.4) is 0 Å². The van der Waals surface area contributed by atoms with E-state index in [1.165, 1.54) is 36.4 Å². The summed E-state index contributed by atoms with van der Waals surface area (Å²) in [6.07, 6.45) is 1.11. The lowest BCUT2D eigenvalue weighted by atomic mass is 10.1. The summed E-state index contributed by atoms with van der Waals surface area (Å²) < 4.78 is 50.2. The summed E-state index contributed by atoms with van der Waals surface area (Å²) in [4.78, 5) is 0.171. The van der Waals surface area contributed by atoms with E-state index in [2.05, 4.69) is 4.72 Å². The summed E-state index contributed by atoms with van der Waals surface area (Å²) in [5, 5.41) is 8.87.